The van der Waals surface area contributed by atoms with Crippen LogP contribution in [0.4, 0.5) is 0 Å². The van der Waals surface area contributed by atoms with E-state index in [4.69, 9.17) is 9.15 Å². The summed E-state index contributed by atoms with van der Waals surface area (Å²) in [4.78, 5) is 6.88. The number of aliphatic imine (C=N–C) groups is 1. The van der Waals surface area contributed by atoms with Gasteiger partial charge in [0.2, 0.25) is 0 Å². The second-order valence-corrected chi connectivity index (χ2v) is 6.87. The van der Waals surface area contributed by atoms with Crippen LogP contribution in [0.3, 0.4) is 0 Å². The Hall–Kier alpha value is -0.800. The van der Waals surface area contributed by atoms with Gasteiger partial charge in [-0.2, -0.15) is 0 Å². The number of guanidine groups is 1. The van der Waals surface area contributed by atoms with E-state index in [9.17, 15) is 0 Å². The van der Waals surface area contributed by atoms with Gasteiger partial charge in [0.15, 0.2) is 5.96 Å². The van der Waals surface area contributed by atoms with Gasteiger partial charge in [-0.3, -0.25) is 4.99 Å². The van der Waals surface area contributed by atoms with E-state index in [1.54, 1.807) is 6.26 Å². The number of furan rings is 1. The molecule has 7 heteroatoms. The fraction of sp³-hybridized carbons (Fsp3) is 0.750. The number of likely N-dealkylation sites (tertiary alicyclic amines) is 1. The highest BCUT2D eigenvalue weighted by Crippen LogP contribution is 2.09. The molecule has 1 aromatic rings. The molecule has 1 aromatic heterocycles. The first-order valence-corrected chi connectivity index (χ1v) is 10.2. The lowest BCUT2D eigenvalue weighted by atomic mass is 10.1. The molecule has 1 saturated heterocycles. The lowest BCUT2D eigenvalue weighted by molar-refractivity contribution is 0.105. The molecule has 1 aliphatic heterocycles. The lowest BCUT2D eigenvalue weighted by Gasteiger charge is -2.26. The summed E-state index contributed by atoms with van der Waals surface area (Å²) >= 11 is 0. The van der Waals surface area contributed by atoms with Crippen LogP contribution in [-0.4, -0.2) is 57.2 Å². The van der Waals surface area contributed by atoms with Crippen LogP contribution in [0.15, 0.2) is 27.8 Å². The van der Waals surface area contributed by atoms with Gasteiger partial charge in [0.25, 0.3) is 0 Å². The summed E-state index contributed by atoms with van der Waals surface area (Å²) in [5, 5.41) is 6.72. The Morgan fingerprint density at radius 3 is 2.59 bits per heavy atom. The molecular formula is C20H37IN4O2. The molecule has 0 spiro atoms. The largest absolute Gasteiger partial charge is 0.467 e. The Morgan fingerprint density at radius 2 is 1.89 bits per heavy atom. The van der Waals surface area contributed by atoms with Gasteiger partial charge < -0.3 is 24.7 Å². The van der Waals surface area contributed by atoms with Crippen molar-refractivity contribution in [1.29, 1.82) is 0 Å². The van der Waals surface area contributed by atoms with Crippen molar-refractivity contribution in [2.45, 2.75) is 51.6 Å². The molecule has 2 rings (SSSR count). The zero-order chi connectivity index (χ0) is 18.3. The topological polar surface area (TPSA) is 62.0 Å². The minimum absolute atomic E-state index is 0. The third kappa shape index (κ3) is 11.6. The third-order valence-corrected chi connectivity index (χ3v) is 4.70. The molecule has 0 amide bonds. The van der Waals surface area contributed by atoms with Crippen LogP contribution in [0.25, 0.3) is 0 Å². The van der Waals surface area contributed by atoms with Gasteiger partial charge in [-0.15, -0.1) is 24.0 Å². The van der Waals surface area contributed by atoms with Crippen molar-refractivity contribution in [3.8, 4) is 0 Å². The monoisotopic (exact) mass is 492 g/mol. The fourth-order valence-corrected chi connectivity index (χ4v) is 3.20. The summed E-state index contributed by atoms with van der Waals surface area (Å²) in [6.45, 7) is 6.96. The number of nitrogens with zero attached hydrogens (tertiary/aromatic N) is 2. The van der Waals surface area contributed by atoms with Crippen LogP contribution >= 0.6 is 24.0 Å². The molecule has 27 heavy (non-hydrogen) atoms. The predicted octanol–water partition coefficient (Wildman–Crippen LogP) is 3.63. The van der Waals surface area contributed by atoms with Crippen molar-refractivity contribution in [3.05, 3.63) is 24.2 Å². The van der Waals surface area contributed by atoms with Gasteiger partial charge in [-0.25, -0.2) is 0 Å². The van der Waals surface area contributed by atoms with Crippen LogP contribution in [0.2, 0.25) is 0 Å². The highest BCUT2D eigenvalue weighted by molar-refractivity contribution is 14.0. The Balaban J connectivity index is 0.00000364. The van der Waals surface area contributed by atoms with E-state index in [1.807, 2.05) is 19.2 Å². The summed E-state index contributed by atoms with van der Waals surface area (Å²) in [6.07, 6.45) is 10.6. The molecule has 1 aliphatic rings. The number of hydrogen-bond acceptors (Lipinski definition) is 4. The standard InChI is InChI=1S/C20H36N4O2.HI/c1-21-20(23-12-9-16-25-18-19-10-8-17-26-19)22-11-4-2-5-13-24-14-6-3-7-15-24;/h8,10,17H,2-7,9,11-16,18H2,1H3,(H2,21,22,23);1H. The molecule has 0 aromatic carbocycles. The van der Waals surface area contributed by atoms with Crippen molar-refractivity contribution in [2.24, 2.45) is 4.99 Å². The van der Waals surface area contributed by atoms with Crippen LogP contribution < -0.4 is 10.6 Å². The molecule has 2 N–H and O–H groups in total. The smallest absolute Gasteiger partial charge is 0.190 e. The van der Waals surface area contributed by atoms with Gasteiger partial charge in [0, 0.05) is 26.7 Å². The number of ether oxygens (including phenoxy) is 1. The predicted molar refractivity (Wildman–Crippen MR) is 122 cm³/mol. The third-order valence-electron chi connectivity index (χ3n) is 4.70. The zero-order valence-corrected chi connectivity index (χ0v) is 19.1. The molecule has 6 nitrogen and oxygen atoms in total. The minimum atomic E-state index is 0. The van der Waals surface area contributed by atoms with Gasteiger partial charge in [0.05, 0.1) is 6.26 Å². The van der Waals surface area contributed by atoms with Crippen molar-refractivity contribution in [3.63, 3.8) is 0 Å². The summed E-state index contributed by atoms with van der Waals surface area (Å²) in [5.74, 6) is 1.75. The van der Waals surface area contributed by atoms with Crippen molar-refractivity contribution >= 4 is 29.9 Å². The van der Waals surface area contributed by atoms with E-state index in [0.29, 0.717) is 13.2 Å². The van der Waals surface area contributed by atoms with Crippen LogP contribution in [0.1, 0.15) is 50.7 Å². The Bertz CT molecular complexity index is 476. The van der Waals surface area contributed by atoms with Crippen LogP contribution in [0, 0.1) is 0 Å². The summed E-state index contributed by atoms with van der Waals surface area (Å²) < 4.78 is 10.8. The van der Waals surface area contributed by atoms with Crippen LogP contribution in [0.5, 0.6) is 0 Å². The molecule has 0 atom stereocenters. The zero-order valence-electron chi connectivity index (χ0n) is 16.8. The van der Waals surface area contributed by atoms with Gasteiger partial charge in [-0.1, -0.05) is 12.8 Å². The normalized spacial score (nSPS) is 15.4. The summed E-state index contributed by atoms with van der Waals surface area (Å²) in [5.41, 5.74) is 0. The number of nitrogens with one attached hydrogen (secondary N) is 2. The van der Waals surface area contributed by atoms with Gasteiger partial charge in [0.1, 0.15) is 12.4 Å². The fourth-order valence-electron chi connectivity index (χ4n) is 3.20. The molecular weight excluding hydrogens is 455 g/mol. The SMILES string of the molecule is CN=C(NCCCCCN1CCCCC1)NCCCOCc1ccco1.I. The van der Waals surface area contributed by atoms with E-state index >= 15 is 0 Å². The van der Waals surface area contributed by atoms with E-state index in [2.05, 4.69) is 20.5 Å². The summed E-state index contributed by atoms with van der Waals surface area (Å²) in [7, 11) is 1.82. The number of piperidine rings is 1. The number of halogens is 1. The molecule has 0 bridgehead atoms. The Labute approximate surface area is 181 Å². The Morgan fingerprint density at radius 1 is 1.11 bits per heavy atom. The van der Waals surface area contributed by atoms with Crippen molar-refractivity contribution in [1.82, 2.24) is 15.5 Å². The van der Waals surface area contributed by atoms with Crippen LogP contribution in [-0.2, 0) is 11.3 Å². The average molecular weight is 492 g/mol. The van der Waals surface area contributed by atoms with E-state index in [-0.39, 0.29) is 24.0 Å². The minimum Gasteiger partial charge on any atom is -0.467 e. The molecule has 0 saturated carbocycles. The highest BCUT2D eigenvalue weighted by atomic mass is 127. The molecule has 1 fully saturated rings. The molecule has 0 aliphatic carbocycles. The van der Waals surface area contributed by atoms with E-state index in [0.717, 1.165) is 31.2 Å². The quantitative estimate of drug-likeness (QED) is 0.202. The number of hydrogen-bond donors (Lipinski definition) is 2. The lowest BCUT2D eigenvalue weighted by Crippen LogP contribution is -2.38. The number of unbranched alkanes of at least 4 members (excludes halogenated alkanes) is 2. The molecule has 2 heterocycles. The Kier molecular flexibility index (Phi) is 14.5. The second-order valence-electron chi connectivity index (χ2n) is 6.87. The van der Waals surface area contributed by atoms with Crippen molar-refractivity contribution in [2.75, 3.05) is 46.4 Å². The molecule has 0 radical (unpaired) electrons. The second kappa shape index (κ2) is 16.2. The highest BCUT2D eigenvalue weighted by Gasteiger charge is 2.08. The molecule has 156 valence electrons. The first-order valence-electron chi connectivity index (χ1n) is 10.2. The first kappa shape index (κ1) is 24.2. The van der Waals surface area contributed by atoms with E-state index in [1.165, 1.54) is 58.2 Å². The molecule has 0 unspecified atom stereocenters. The summed E-state index contributed by atoms with van der Waals surface area (Å²) in [6, 6.07) is 3.81. The maximum Gasteiger partial charge on any atom is 0.190 e. The van der Waals surface area contributed by atoms with Gasteiger partial charge in [-0.05, 0) is 63.9 Å². The number of rotatable bonds is 12. The van der Waals surface area contributed by atoms with E-state index < -0.39 is 0 Å². The first-order chi connectivity index (χ1) is 12.9. The maximum atomic E-state index is 5.57. The van der Waals surface area contributed by atoms with Gasteiger partial charge >= 0.3 is 0 Å². The average Bonchev–Trinajstić information content (AvgIpc) is 3.19. The maximum absolute atomic E-state index is 5.57. The van der Waals surface area contributed by atoms with Crippen molar-refractivity contribution < 1.29 is 9.15 Å².